The van der Waals surface area contributed by atoms with Crippen LogP contribution in [0, 0.1) is 10.8 Å². The van der Waals surface area contributed by atoms with Gasteiger partial charge in [0, 0.05) is 22.8 Å². The molecule has 25 heavy (non-hydrogen) atoms. The van der Waals surface area contributed by atoms with Crippen molar-refractivity contribution in [1.82, 2.24) is 0 Å². The third kappa shape index (κ3) is 5.12. The second kappa shape index (κ2) is 7.35. The molecule has 2 rings (SSSR count). The fourth-order valence-electron chi connectivity index (χ4n) is 2.88. The summed E-state index contributed by atoms with van der Waals surface area (Å²) >= 11 is 0. The summed E-state index contributed by atoms with van der Waals surface area (Å²) < 4.78 is 0. The van der Waals surface area contributed by atoms with Crippen molar-refractivity contribution in [3.8, 4) is 0 Å². The highest BCUT2D eigenvalue weighted by atomic mass is 16.1. The molecule has 0 N–H and O–H groups in total. The summed E-state index contributed by atoms with van der Waals surface area (Å²) in [5.74, 6) is 0.342. The number of rotatable bonds is 6. The molecule has 0 amide bonds. The number of carbonyl (C=O) groups excluding carboxylic acids is 2. The minimum Gasteiger partial charge on any atom is -0.299 e. The predicted octanol–water partition coefficient (Wildman–Crippen LogP) is 5.30. The van der Waals surface area contributed by atoms with Gasteiger partial charge in [0.25, 0.3) is 0 Å². The number of ketones is 2. The molecule has 0 unspecified atom stereocenters. The van der Waals surface area contributed by atoms with E-state index in [1.54, 1.807) is 0 Å². The number of Topliss-reactive ketones (excluding diaryl/α,β-unsaturated/α-hetero) is 2. The number of hydrogen-bond donors (Lipinski definition) is 0. The van der Waals surface area contributed by atoms with Crippen LogP contribution in [0.2, 0.25) is 0 Å². The van der Waals surface area contributed by atoms with Gasteiger partial charge in [-0.05, 0) is 23.6 Å². The Kier molecular flexibility index (Phi) is 5.62. The molecule has 132 valence electrons. The van der Waals surface area contributed by atoms with Crippen molar-refractivity contribution in [3.63, 3.8) is 0 Å². The maximum Gasteiger partial charge on any atom is 0.168 e. The van der Waals surface area contributed by atoms with Crippen LogP contribution >= 0.6 is 0 Å². The summed E-state index contributed by atoms with van der Waals surface area (Å²) in [6.07, 6.45) is 1.07. The van der Waals surface area contributed by atoms with Gasteiger partial charge in [0.15, 0.2) is 5.78 Å². The van der Waals surface area contributed by atoms with Crippen LogP contribution in [0.5, 0.6) is 0 Å². The minimum absolute atomic E-state index is 0.128. The van der Waals surface area contributed by atoms with Gasteiger partial charge >= 0.3 is 0 Å². The van der Waals surface area contributed by atoms with Crippen LogP contribution in [0.15, 0.2) is 54.6 Å². The van der Waals surface area contributed by atoms with Crippen molar-refractivity contribution in [2.75, 3.05) is 0 Å². The van der Waals surface area contributed by atoms with Crippen molar-refractivity contribution in [1.29, 1.82) is 0 Å². The van der Waals surface area contributed by atoms with Gasteiger partial charge < -0.3 is 0 Å². The largest absolute Gasteiger partial charge is 0.299 e. The van der Waals surface area contributed by atoms with Gasteiger partial charge in [0.05, 0.1) is 0 Å². The zero-order chi connectivity index (χ0) is 18.7. The van der Waals surface area contributed by atoms with Crippen LogP contribution in [0.4, 0.5) is 0 Å². The minimum atomic E-state index is -0.473. The molecule has 0 radical (unpaired) electrons. The lowest BCUT2D eigenvalue weighted by Gasteiger charge is -2.24. The molecule has 0 spiro atoms. The standard InChI is InChI=1S/C23H28O2/c1-22(2,3)21(25)19-13-9-12-18(14-19)16-23(4,5)20(24)15-17-10-7-6-8-11-17/h6-14H,15-16H2,1-5H3. The molecule has 0 aliphatic carbocycles. The molecule has 0 atom stereocenters. The first-order valence-corrected chi connectivity index (χ1v) is 8.80. The smallest absolute Gasteiger partial charge is 0.168 e. The van der Waals surface area contributed by atoms with Gasteiger partial charge in [-0.3, -0.25) is 9.59 Å². The monoisotopic (exact) mass is 336 g/mol. The Morgan fingerprint density at radius 2 is 1.40 bits per heavy atom. The van der Waals surface area contributed by atoms with E-state index in [1.165, 1.54) is 0 Å². The van der Waals surface area contributed by atoms with Gasteiger partial charge in [-0.25, -0.2) is 0 Å². The Labute approximate surface area is 151 Å². The van der Waals surface area contributed by atoms with Crippen LogP contribution in [0.3, 0.4) is 0 Å². The van der Waals surface area contributed by atoms with Crippen LogP contribution in [0.25, 0.3) is 0 Å². The highest BCUT2D eigenvalue weighted by Gasteiger charge is 2.28. The number of carbonyl (C=O) groups is 2. The topological polar surface area (TPSA) is 34.1 Å². The second-order valence-corrected chi connectivity index (χ2v) is 8.43. The lowest BCUT2D eigenvalue weighted by atomic mass is 9.78. The quantitative estimate of drug-likeness (QED) is 0.671. The first-order valence-electron chi connectivity index (χ1n) is 8.80. The second-order valence-electron chi connectivity index (χ2n) is 8.43. The molecule has 0 fully saturated rings. The summed E-state index contributed by atoms with van der Waals surface area (Å²) in [7, 11) is 0. The fraction of sp³-hybridized carbons (Fsp3) is 0.391. The summed E-state index contributed by atoms with van der Waals surface area (Å²) in [5.41, 5.74) is 1.91. The van der Waals surface area contributed by atoms with Gasteiger partial charge in [0.1, 0.15) is 5.78 Å². The molecule has 2 nitrogen and oxygen atoms in total. The maximum atomic E-state index is 12.7. The Hall–Kier alpha value is -2.22. The molecule has 2 aromatic rings. The Morgan fingerprint density at radius 3 is 2.00 bits per heavy atom. The van der Waals surface area contributed by atoms with Crippen molar-refractivity contribution in [2.24, 2.45) is 10.8 Å². The first kappa shape index (κ1) is 19.1. The van der Waals surface area contributed by atoms with Crippen molar-refractivity contribution >= 4 is 11.6 Å². The van der Waals surface area contributed by atoms with Crippen LogP contribution in [-0.2, 0) is 17.6 Å². The first-order chi connectivity index (χ1) is 11.6. The molecule has 0 saturated carbocycles. The zero-order valence-corrected chi connectivity index (χ0v) is 15.9. The summed E-state index contributed by atoms with van der Waals surface area (Å²) in [6, 6.07) is 17.5. The number of hydrogen-bond acceptors (Lipinski definition) is 2. The Balaban J connectivity index is 2.14. The average molecular weight is 336 g/mol. The van der Waals surface area contributed by atoms with Gasteiger partial charge in [0.2, 0.25) is 0 Å². The van der Waals surface area contributed by atoms with Crippen molar-refractivity contribution in [2.45, 2.75) is 47.5 Å². The van der Waals surface area contributed by atoms with Crippen molar-refractivity contribution < 1.29 is 9.59 Å². The summed E-state index contributed by atoms with van der Waals surface area (Å²) in [6.45, 7) is 9.74. The summed E-state index contributed by atoms with van der Waals surface area (Å²) in [5, 5.41) is 0. The highest BCUT2D eigenvalue weighted by molar-refractivity contribution is 6.00. The molecule has 0 heterocycles. The van der Waals surface area contributed by atoms with E-state index < -0.39 is 10.8 Å². The third-order valence-electron chi connectivity index (χ3n) is 4.48. The van der Waals surface area contributed by atoms with Crippen LogP contribution in [0.1, 0.15) is 56.1 Å². The third-order valence-corrected chi connectivity index (χ3v) is 4.48. The van der Waals surface area contributed by atoms with Gasteiger partial charge in [-0.2, -0.15) is 0 Å². The predicted molar refractivity (Wildman–Crippen MR) is 103 cm³/mol. The summed E-state index contributed by atoms with van der Waals surface area (Å²) in [4.78, 5) is 25.2. The van der Waals surface area contributed by atoms with Gasteiger partial charge in [-0.1, -0.05) is 83.1 Å². The van der Waals surface area contributed by atoms with Gasteiger partial charge in [-0.15, -0.1) is 0 Å². The number of benzene rings is 2. The zero-order valence-electron chi connectivity index (χ0n) is 15.9. The van der Waals surface area contributed by atoms with E-state index in [2.05, 4.69) is 0 Å². The van der Waals surface area contributed by atoms with E-state index in [-0.39, 0.29) is 11.6 Å². The molecule has 2 heteroatoms. The van der Waals surface area contributed by atoms with Crippen LogP contribution < -0.4 is 0 Å². The molecule has 2 aromatic carbocycles. The van der Waals surface area contributed by atoms with E-state index in [4.69, 9.17) is 0 Å². The van der Waals surface area contributed by atoms with E-state index >= 15 is 0 Å². The maximum absolute atomic E-state index is 12.7. The molecule has 0 aliphatic rings. The van der Waals surface area contributed by atoms with E-state index in [0.29, 0.717) is 12.8 Å². The normalized spacial score (nSPS) is 12.0. The van der Waals surface area contributed by atoms with E-state index in [1.807, 2.05) is 89.2 Å². The average Bonchev–Trinajstić information content (AvgIpc) is 2.54. The highest BCUT2D eigenvalue weighted by Crippen LogP contribution is 2.27. The lowest BCUT2D eigenvalue weighted by Crippen LogP contribution is -2.28. The lowest BCUT2D eigenvalue weighted by molar-refractivity contribution is -0.126. The van der Waals surface area contributed by atoms with E-state index in [9.17, 15) is 9.59 Å². The van der Waals surface area contributed by atoms with Crippen molar-refractivity contribution in [3.05, 3.63) is 71.3 Å². The molecular formula is C23H28O2. The molecular weight excluding hydrogens is 308 g/mol. The Morgan fingerprint density at radius 1 is 0.800 bits per heavy atom. The Bertz CT molecular complexity index is 749. The molecule has 0 bridgehead atoms. The molecule has 0 aromatic heterocycles. The molecule has 0 saturated heterocycles. The van der Waals surface area contributed by atoms with Crippen LogP contribution in [-0.4, -0.2) is 11.6 Å². The fourth-order valence-corrected chi connectivity index (χ4v) is 2.88. The van der Waals surface area contributed by atoms with E-state index in [0.717, 1.165) is 16.7 Å². The SMILES string of the molecule is CC(C)(C)C(=O)c1cccc(CC(C)(C)C(=O)Cc2ccccc2)c1. The molecule has 0 aliphatic heterocycles.